The Morgan fingerprint density at radius 3 is 2.64 bits per heavy atom. The molecule has 1 unspecified atom stereocenters. The van der Waals surface area contributed by atoms with Crippen molar-refractivity contribution >= 4 is 5.84 Å². The summed E-state index contributed by atoms with van der Waals surface area (Å²) in [5, 5.41) is 7.97. The molecule has 0 spiro atoms. The molecule has 0 aliphatic carbocycles. The van der Waals surface area contributed by atoms with E-state index in [0.717, 1.165) is 38.4 Å². The van der Waals surface area contributed by atoms with Crippen LogP contribution in [0.4, 0.5) is 0 Å². The summed E-state index contributed by atoms with van der Waals surface area (Å²) in [4.78, 5) is 2.21. The van der Waals surface area contributed by atoms with Gasteiger partial charge >= 0.3 is 0 Å². The lowest BCUT2D eigenvalue weighted by atomic mass is 10.1. The van der Waals surface area contributed by atoms with Crippen molar-refractivity contribution in [2.45, 2.75) is 44.6 Å². The van der Waals surface area contributed by atoms with Crippen molar-refractivity contribution in [1.29, 1.82) is 5.41 Å². The molecule has 2 aliphatic rings. The van der Waals surface area contributed by atoms with E-state index in [-0.39, 0.29) is 0 Å². The molecule has 0 aromatic carbocycles. The maximum Gasteiger partial charge on any atom is 0.0983 e. The average molecular weight is 196 g/mol. The fraction of sp³-hybridized carbons (Fsp3) is 0.909. The Kier molecular flexibility index (Phi) is 3.40. The molecule has 1 atom stereocenters. The fourth-order valence-corrected chi connectivity index (χ4v) is 2.30. The zero-order valence-electron chi connectivity index (χ0n) is 8.80. The average Bonchev–Trinajstić information content (AvgIpc) is 2.72. The molecule has 0 bridgehead atoms. The van der Waals surface area contributed by atoms with Crippen LogP contribution < -0.4 is 0 Å². The predicted octanol–water partition coefficient (Wildman–Crippen LogP) is 2.02. The highest BCUT2D eigenvalue weighted by Gasteiger charge is 2.20. The van der Waals surface area contributed by atoms with Crippen LogP contribution in [0.3, 0.4) is 0 Å². The molecule has 0 amide bonds. The van der Waals surface area contributed by atoms with E-state index < -0.39 is 0 Å². The standard InChI is InChI=1S/C11H20N2O/c12-11(13-6-2-3-7-13)9-10-5-1-4-8-14-10/h10,12H,1-9H2. The first-order valence-electron chi connectivity index (χ1n) is 5.80. The Morgan fingerprint density at radius 1 is 1.21 bits per heavy atom. The Bertz CT molecular complexity index is 193. The van der Waals surface area contributed by atoms with Gasteiger partial charge in [0.1, 0.15) is 0 Å². The highest BCUT2D eigenvalue weighted by atomic mass is 16.5. The largest absolute Gasteiger partial charge is 0.378 e. The Balaban J connectivity index is 1.75. The molecule has 2 saturated heterocycles. The van der Waals surface area contributed by atoms with E-state index in [1.807, 2.05) is 0 Å². The monoisotopic (exact) mass is 196 g/mol. The summed E-state index contributed by atoms with van der Waals surface area (Å²) in [6, 6.07) is 0. The highest BCUT2D eigenvalue weighted by Crippen LogP contribution is 2.18. The third-order valence-corrected chi connectivity index (χ3v) is 3.18. The molecule has 2 rings (SSSR count). The maximum absolute atomic E-state index is 7.97. The van der Waals surface area contributed by atoms with E-state index in [0.29, 0.717) is 6.10 Å². The lowest BCUT2D eigenvalue weighted by Crippen LogP contribution is -2.32. The van der Waals surface area contributed by atoms with Crippen molar-refractivity contribution < 1.29 is 4.74 Å². The van der Waals surface area contributed by atoms with Crippen LogP contribution in [0, 0.1) is 5.41 Å². The molecule has 2 heterocycles. The minimum absolute atomic E-state index is 0.330. The second-order valence-corrected chi connectivity index (χ2v) is 4.33. The van der Waals surface area contributed by atoms with Crippen LogP contribution >= 0.6 is 0 Å². The normalized spacial score (nSPS) is 28.0. The van der Waals surface area contributed by atoms with Crippen LogP contribution in [0.1, 0.15) is 38.5 Å². The number of amidine groups is 1. The van der Waals surface area contributed by atoms with Gasteiger partial charge in [0.15, 0.2) is 0 Å². The summed E-state index contributed by atoms with van der Waals surface area (Å²) in [5.41, 5.74) is 0. The predicted molar refractivity (Wildman–Crippen MR) is 56.7 cm³/mol. The van der Waals surface area contributed by atoms with E-state index >= 15 is 0 Å². The van der Waals surface area contributed by atoms with E-state index in [1.54, 1.807) is 0 Å². The summed E-state index contributed by atoms with van der Waals surface area (Å²) < 4.78 is 5.64. The molecule has 0 radical (unpaired) electrons. The van der Waals surface area contributed by atoms with Crippen LogP contribution in [-0.2, 0) is 4.74 Å². The molecule has 3 heteroatoms. The molecular weight excluding hydrogens is 176 g/mol. The Morgan fingerprint density at radius 2 is 2.00 bits per heavy atom. The molecule has 0 saturated carbocycles. The molecule has 0 aromatic heterocycles. The third-order valence-electron chi connectivity index (χ3n) is 3.18. The van der Waals surface area contributed by atoms with Crippen molar-refractivity contribution in [3.05, 3.63) is 0 Å². The van der Waals surface area contributed by atoms with E-state index in [2.05, 4.69) is 4.90 Å². The van der Waals surface area contributed by atoms with Gasteiger partial charge in [-0.2, -0.15) is 0 Å². The summed E-state index contributed by atoms with van der Waals surface area (Å²) in [5.74, 6) is 0.800. The van der Waals surface area contributed by atoms with Gasteiger partial charge in [0.05, 0.1) is 11.9 Å². The Hall–Kier alpha value is -0.570. The molecule has 2 aliphatic heterocycles. The van der Waals surface area contributed by atoms with Crippen molar-refractivity contribution in [3.63, 3.8) is 0 Å². The second-order valence-electron chi connectivity index (χ2n) is 4.33. The number of nitrogens with zero attached hydrogens (tertiary/aromatic N) is 1. The zero-order chi connectivity index (χ0) is 9.80. The molecule has 2 fully saturated rings. The maximum atomic E-state index is 7.97. The van der Waals surface area contributed by atoms with Crippen LogP contribution in [0.25, 0.3) is 0 Å². The number of hydrogen-bond acceptors (Lipinski definition) is 2. The topological polar surface area (TPSA) is 36.3 Å². The first kappa shape index (κ1) is 9.97. The smallest absolute Gasteiger partial charge is 0.0983 e. The quantitative estimate of drug-likeness (QED) is 0.542. The first-order chi connectivity index (χ1) is 6.86. The molecule has 14 heavy (non-hydrogen) atoms. The van der Waals surface area contributed by atoms with Gasteiger partial charge in [-0.05, 0) is 32.1 Å². The summed E-state index contributed by atoms with van der Waals surface area (Å²) >= 11 is 0. The van der Waals surface area contributed by atoms with E-state index in [4.69, 9.17) is 10.1 Å². The fourth-order valence-electron chi connectivity index (χ4n) is 2.30. The lowest BCUT2D eigenvalue weighted by Gasteiger charge is -2.26. The van der Waals surface area contributed by atoms with Gasteiger partial charge in [-0.15, -0.1) is 0 Å². The third kappa shape index (κ3) is 2.47. The first-order valence-corrected chi connectivity index (χ1v) is 5.80. The van der Waals surface area contributed by atoms with Crippen LogP contribution in [0.15, 0.2) is 0 Å². The van der Waals surface area contributed by atoms with Gasteiger partial charge in [-0.1, -0.05) is 0 Å². The van der Waals surface area contributed by atoms with Gasteiger partial charge in [-0.3, -0.25) is 5.41 Å². The van der Waals surface area contributed by atoms with Gasteiger partial charge in [0, 0.05) is 26.1 Å². The van der Waals surface area contributed by atoms with Crippen LogP contribution in [0.5, 0.6) is 0 Å². The molecule has 80 valence electrons. The number of rotatable bonds is 2. The molecule has 3 nitrogen and oxygen atoms in total. The number of nitrogens with one attached hydrogen (secondary N) is 1. The van der Waals surface area contributed by atoms with Gasteiger partial charge in [0.25, 0.3) is 0 Å². The molecule has 1 N–H and O–H groups in total. The van der Waals surface area contributed by atoms with Crippen LogP contribution in [-0.4, -0.2) is 36.5 Å². The van der Waals surface area contributed by atoms with E-state index in [9.17, 15) is 0 Å². The van der Waals surface area contributed by atoms with Crippen molar-refractivity contribution in [1.82, 2.24) is 4.90 Å². The van der Waals surface area contributed by atoms with Gasteiger partial charge in [0.2, 0.25) is 0 Å². The molecule has 0 aromatic rings. The SMILES string of the molecule is N=C(CC1CCCCO1)N1CCCC1. The second kappa shape index (κ2) is 4.78. The van der Waals surface area contributed by atoms with Crippen molar-refractivity contribution in [2.24, 2.45) is 0 Å². The van der Waals surface area contributed by atoms with Gasteiger partial charge in [-0.25, -0.2) is 0 Å². The number of hydrogen-bond donors (Lipinski definition) is 1. The minimum atomic E-state index is 0.330. The lowest BCUT2D eigenvalue weighted by molar-refractivity contribution is 0.0196. The van der Waals surface area contributed by atoms with Crippen molar-refractivity contribution in [3.8, 4) is 0 Å². The Labute approximate surface area is 85.9 Å². The van der Waals surface area contributed by atoms with Crippen LogP contribution in [0.2, 0.25) is 0 Å². The summed E-state index contributed by atoms with van der Waals surface area (Å²) in [6.07, 6.45) is 7.31. The van der Waals surface area contributed by atoms with Crippen molar-refractivity contribution in [2.75, 3.05) is 19.7 Å². The summed E-state index contributed by atoms with van der Waals surface area (Å²) in [7, 11) is 0. The number of ether oxygens (including phenoxy) is 1. The van der Waals surface area contributed by atoms with E-state index in [1.165, 1.54) is 25.7 Å². The molecular formula is C11H20N2O. The zero-order valence-corrected chi connectivity index (χ0v) is 8.80. The highest BCUT2D eigenvalue weighted by molar-refractivity contribution is 5.79. The number of likely N-dealkylation sites (tertiary alicyclic amines) is 1. The van der Waals surface area contributed by atoms with Gasteiger partial charge < -0.3 is 9.64 Å². The summed E-state index contributed by atoms with van der Waals surface area (Å²) in [6.45, 7) is 3.08. The minimum Gasteiger partial charge on any atom is -0.378 e.